The maximum absolute atomic E-state index is 12.3. The van der Waals surface area contributed by atoms with E-state index >= 15 is 0 Å². The summed E-state index contributed by atoms with van der Waals surface area (Å²) in [5, 5.41) is 8.07. The van der Waals surface area contributed by atoms with Crippen LogP contribution < -0.4 is 5.32 Å². The molecule has 4 rings (SSSR count). The number of amides is 1. The Morgan fingerprint density at radius 2 is 1.59 bits per heavy atom. The van der Waals surface area contributed by atoms with E-state index in [2.05, 4.69) is 31.3 Å². The number of carbonyl (C=O) groups excluding carboxylic acids is 1. The number of anilines is 1. The quantitative estimate of drug-likeness (QED) is 0.386. The van der Waals surface area contributed by atoms with Gasteiger partial charge in [0.1, 0.15) is 0 Å². The van der Waals surface area contributed by atoms with E-state index in [1.54, 1.807) is 0 Å². The van der Waals surface area contributed by atoms with Gasteiger partial charge in [0.25, 0.3) is 0 Å². The number of aromatic nitrogens is 3. The number of carbonyl (C=O) groups is 1. The van der Waals surface area contributed by atoms with Crippen LogP contribution in [0.5, 0.6) is 0 Å². The predicted molar refractivity (Wildman–Crippen MR) is 120 cm³/mol. The Kier molecular flexibility index (Phi) is 6.07. The number of benzene rings is 3. The van der Waals surface area contributed by atoms with Crippen molar-refractivity contribution in [2.75, 3.05) is 11.1 Å². The summed E-state index contributed by atoms with van der Waals surface area (Å²) in [6.45, 7) is 0. The van der Waals surface area contributed by atoms with Crippen molar-refractivity contribution in [2.24, 2.45) is 0 Å². The maximum Gasteiger partial charge on any atom is 0.234 e. The second kappa shape index (κ2) is 9.07. The fourth-order valence-corrected chi connectivity index (χ4v) is 3.63. The summed E-state index contributed by atoms with van der Waals surface area (Å²) in [5.41, 5.74) is 2.64. The number of hydrogen-bond donors (Lipinski definition) is 1. The van der Waals surface area contributed by atoms with Crippen molar-refractivity contribution in [2.45, 2.75) is 5.16 Å². The lowest BCUT2D eigenvalue weighted by molar-refractivity contribution is -0.113. The molecule has 0 unspecified atom stereocenters. The zero-order valence-electron chi connectivity index (χ0n) is 15.3. The number of hydrogen-bond acceptors (Lipinski definition) is 4. The van der Waals surface area contributed by atoms with E-state index in [1.807, 2.05) is 89.6 Å². The van der Waals surface area contributed by atoms with Crippen molar-refractivity contribution < 1.29 is 4.79 Å². The molecule has 0 aliphatic carbocycles. The van der Waals surface area contributed by atoms with E-state index in [1.165, 1.54) is 11.8 Å². The van der Waals surface area contributed by atoms with Crippen molar-refractivity contribution in [1.82, 2.24) is 14.8 Å². The number of rotatable bonds is 6. The average molecular weight is 465 g/mol. The molecule has 0 fully saturated rings. The normalized spacial score (nSPS) is 10.7. The topological polar surface area (TPSA) is 59.8 Å². The summed E-state index contributed by atoms with van der Waals surface area (Å²) in [4.78, 5) is 17.0. The average Bonchev–Trinajstić information content (AvgIpc) is 3.20. The number of thioether (sulfide) groups is 1. The summed E-state index contributed by atoms with van der Waals surface area (Å²) in [7, 11) is 0. The molecule has 4 aromatic rings. The fraction of sp³-hybridized carbons (Fsp3) is 0.0455. The molecule has 1 aromatic heterocycles. The van der Waals surface area contributed by atoms with Crippen LogP contribution in [-0.2, 0) is 4.79 Å². The number of halogens is 1. The minimum atomic E-state index is -0.102. The molecule has 0 aliphatic heterocycles. The lowest BCUT2D eigenvalue weighted by atomic mass is 10.2. The van der Waals surface area contributed by atoms with Crippen molar-refractivity contribution in [3.63, 3.8) is 0 Å². The highest BCUT2D eigenvalue weighted by atomic mass is 79.9. The van der Waals surface area contributed by atoms with Crippen LogP contribution in [0, 0.1) is 0 Å². The highest BCUT2D eigenvalue weighted by Crippen LogP contribution is 2.25. The molecule has 7 heteroatoms. The summed E-state index contributed by atoms with van der Waals surface area (Å²) < 4.78 is 2.78. The summed E-state index contributed by atoms with van der Waals surface area (Å²) in [6, 6.07) is 27.2. The molecule has 5 nitrogen and oxygen atoms in total. The Balaban J connectivity index is 1.53. The Morgan fingerprint density at radius 1 is 0.931 bits per heavy atom. The molecule has 0 bridgehead atoms. The molecule has 0 saturated heterocycles. The molecule has 1 amide bonds. The highest BCUT2D eigenvalue weighted by Gasteiger charge is 2.15. The van der Waals surface area contributed by atoms with Crippen LogP contribution in [0.2, 0.25) is 0 Å². The second-order valence-electron chi connectivity index (χ2n) is 6.18. The smallest absolute Gasteiger partial charge is 0.234 e. The lowest BCUT2D eigenvalue weighted by Crippen LogP contribution is -2.14. The van der Waals surface area contributed by atoms with Crippen molar-refractivity contribution in [3.05, 3.63) is 89.4 Å². The van der Waals surface area contributed by atoms with Gasteiger partial charge in [0, 0.05) is 15.7 Å². The summed E-state index contributed by atoms with van der Waals surface area (Å²) in [5.74, 6) is 0.866. The van der Waals surface area contributed by atoms with Gasteiger partial charge < -0.3 is 5.32 Å². The van der Waals surface area contributed by atoms with Crippen LogP contribution in [0.25, 0.3) is 17.1 Å². The first-order valence-corrected chi connectivity index (χ1v) is 10.7. The molecule has 1 heterocycles. The van der Waals surface area contributed by atoms with Crippen LogP contribution in [0.15, 0.2) is 94.6 Å². The van der Waals surface area contributed by atoms with Gasteiger partial charge in [-0.15, -0.1) is 5.10 Å². The third-order valence-corrected chi connectivity index (χ3v) is 5.45. The van der Waals surface area contributed by atoms with Gasteiger partial charge in [0.15, 0.2) is 5.82 Å². The van der Waals surface area contributed by atoms with Gasteiger partial charge in [-0.1, -0.05) is 76.2 Å². The first-order valence-electron chi connectivity index (χ1n) is 8.95. The van der Waals surface area contributed by atoms with Crippen LogP contribution in [0.1, 0.15) is 0 Å². The molecule has 1 N–H and O–H groups in total. The monoisotopic (exact) mass is 464 g/mol. The Labute approximate surface area is 181 Å². The van der Waals surface area contributed by atoms with Gasteiger partial charge >= 0.3 is 0 Å². The Hall–Kier alpha value is -2.90. The van der Waals surface area contributed by atoms with Gasteiger partial charge in [0.2, 0.25) is 11.1 Å². The Bertz CT molecular complexity index is 1040. The van der Waals surface area contributed by atoms with E-state index in [9.17, 15) is 4.79 Å². The van der Waals surface area contributed by atoms with Gasteiger partial charge in [-0.25, -0.2) is 9.67 Å². The van der Waals surface area contributed by atoms with Crippen molar-refractivity contribution in [1.29, 1.82) is 0 Å². The molecule has 0 spiro atoms. The van der Waals surface area contributed by atoms with Gasteiger partial charge in [-0.2, -0.15) is 0 Å². The highest BCUT2D eigenvalue weighted by molar-refractivity contribution is 9.10. The third kappa shape index (κ3) is 4.93. The largest absolute Gasteiger partial charge is 0.325 e. The summed E-state index contributed by atoms with van der Waals surface area (Å²) >= 11 is 4.70. The standard InChI is InChI=1S/C22H17BrN4OS/c23-17-11-13-18(14-12-17)24-20(28)15-29-22-25-21(16-7-3-1-4-8-16)27(26-22)19-9-5-2-6-10-19/h1-14H,15H2,(H,24,28). The second-order valence-corrected chi connectivity index (χ2v) is 8.03. The van der Waals surface area contributed by atoms with E-state index in [0.29, 0.717) is 5.16 Å². The zero-order chi connectivity index (χ0) is 20.1. The maximum atomic E-state index is 12.3. The molecule has 3 aromatic carbocycles. The van der Waals surface area contributed by atoms with Crippen LogP contribution in [-0.4, -0.2) is 26.4 Å². The van der Waals surface area contributed by atoms with Gasteiger partial charge in [-0.3, -0.25) is 4.79 Å². The molecule has 0 saturated carbocycles. The molecular formula is C22H17BrN4OS. The molecule has 0 aliphatic rings. The third-order valence-electron chi connectivity index (χ3n) is 4.08. The number of nitrogens with zero attached hydrogens (tertiary/aromatic N) is 3. The molecule has 0 radical (unpaired) electrons. The SMILES string of the molecule is O=C(CSc1nc(-c2ccccc2)n(-c2ccccc2)n1)Nc1ccc(Br)cc1. The molecule has 0 atom stereocenters. The lowest BCUT2D eigenvalue weighted by Gasteiger charge is -2.05. The van der Waals surface area contributed by atoms with Crippen LogP contribution >= 0.6 is 27.7 Å². The van der Waals surface area contributed by atoms with Crippen molar-refractivity contribution in [3.8, 4) is 17.1 Å². The van der Waals surface area contributed by atoms with Gasteiger partial charge in [-0.05, 0) is 36.4 Å². The predicted octanol–water partition coefficient (Wildman–Crippen LogP) is 5.43. The fourth-order valence-electron chi connectivity index (χ4n) is 2.74. The van der Waals surface area contributed by atoms with Gasteiger partial charge in [0.05, 0.1) is 11.4 Å². The summed E-state index contributed by atoms with van der Waals surface area (Å²) in [6.07, 6.45) is 0. The van der Waals surface area contributed by atoms with Crippen molar-refractivity contribution >= 4 is 39.3 Å². The minimum Gasteiger partial charge on any atom is -0.325 e. The number of nitrogens with one attached hydrogen (secondary N) is 1. The van der Waals surface area contributed by atoms with E-state index in [4.69, 9.17) is 0 Å². The number of para-hydroxylation sites is 1. The van der Waals surface area contributed by atoms with E-state index in [-0.39, 0.29) is 11.7 Å². The Morgan fingerprint density at radius 3 is 2.28 bits per heavy atom. The first-order chi connectivity index (χ1) is 14.2. The van der Waals surface area contributed by atoms with Crippen LogP contribution in [0.3, 0.4) is 0 Å². The first kappa shape index (κ1) is 19.4. The zero-order valence-corrected chi connectivity index (χ0v) is 17.7. The molecule has 144 valence electrons. The van der Waals surface area contributed by atoms with E-state index < -0.39 is 0 Å². The molecule has 29 heavy (non-hydrogen) atoms. The van der Waals surface area contributed by atoms with Crippen LogP contribution in [0.4, 0.5) is 5.69 Å². The molecular weight excluding hydrogens is 448 g/mol. The van der Waals surface area contributed by atoms with E-state index in [0.717, 1.165) is 27.2 Å². The minimum absolute atomic E-state index is 0.102.